The van der Waals surface area contributed by atoms with Crippen LogP contribution in [0.1, 0.15) is 58.6 Å². The summed E-state index contributed by atoms with van der Waals surface area (Å²) in [4.78, 5) is 27.1. The van der Waals surface area contributed by atoms with Crippen molar-refractivity contribution in [1.29, 1.82) is 0 Å². The van der Waals surface area contributed by atoms with Crippen molar-refractivity contribution in [1.82, 2.24) is 14.9 Å². The predicted molar refractivity (Wildman–Crippen MR) is 172 cm³/mol. The first-order chi connectivity index (χ1) is 20.1. The van der Waals surface area contributed by atoms with Crippen molar-refractivity contribution in [2.75, 3.05) is 31.2 Å². The van der Waals surface area contributed by atoms with Crippen LogP contribution in [0.25, 0.3) is 10.9 Å². The molecule has 3 aromatic rings. The molecule has 0 spiro atoms. The molecule has 3 aliphatic rings. The number of carbonyl (C=O) groups excluding carboxylic acids is 1. The second-order valence-corrected chi connectivity index (χ2v) is 14.1. The summed E-state index contributed by atoms with van der Waals surface area (Å²) < 4.78 is 26.1. The Kier molecular flexibility index (Phi) is 8.45. The normalized spacial score (nSPS) is 21.6. The molecular weight excluding hydrogens is 715 g/mol. The summed E-state index contributed by atoms with van der Waals surface area (Å²) in [6.45, 7) is 10.3. The zero-order chi connectivity index (χ0) is 29.6. The SMILES string of the molecule is C[C@H](Oc1c(Br)c(I)cc2c(N3C[C@@H]4C[C@H]3CN4C(=O)OC(C)(C)C)nc(OC3CCOCC3)nc12)c1ccccc1. The zero-order valence-corrected chi connectivity index (χ0v) is 28.1. The first kappa shape index (κ1) is 29.7. The Morgan fingerprint density at radius 3 is 2.52 bits per heavy atom. The van der Waals surface area contributed by atoms with Crippen LogP contribution in [0.3, 0.4) is 0 Å². The number of ether oxygens (including phenoxy) is 4. The molecule has 4 heterocycles. The molecule has 1 amide bonds. The van der Waals surface area contributed by atoms with E-state index in [4.69, 9.17) is 28.9 Å². The molecule has 0 saturated carbocycles. The fraction of sp³-hybridized carbons (Fsp3) is 0.516. The lowest BCUT2D eigenvalue weighted by Crippen LogP contribution is -2.50. The molecule has 1 aromatic heterocycles. The van der Waals surface area contributed by atoms with E-state index < -0.39 is 5.60 Å². The summed E-state index contributed by atoms with van der Waals surface area (Å²) in [5.41, 5.74) is 1.24. The molecule has 42 heavy (non-hydrogen) atoms. The van der Waals surface area contributed by atoms with E-state index in [0.29, 0.717) is 43.6 Å². The molecule has 11 heteroatoms. The third kappa shape index (κ3) is 6.14. The van der Waals surface area contributed by atoms with E-state index in [2.05, 4.69) is 61.6 Å². The third-order valence-corrected chi connectivity index (χ3v) is 10.3. The number of carbonyl (C=O) groups is 1. The first-order valence-electron chi connectivity index (χ1n) is 14.5. The average Bonchev–Trinajstić information content (AvgIpc) is 3.57. The fourth-order valence-corrected chi connectivity index (χ4v) is 6.86. The van der Waals surface area contributed by atoms with Crippen molar-refractivity contribution in [3.8, 4) is 11.8 Å². The Morgan fingerprint density at radius 2 is 1.86 bits per heavy atom. The van der Waals surface area contributed by atoms with Crippen LogP contribution in [0.2, 0.25) is 0 Å². The van der Waals surface area contributed by atoms with Crippen LogP contribution in [-0.4, -0.2) is 71.1 Å². The van der Waals surface area contributed by atoms with Crippen LogP contribution in [-0.2, 0) is 9.47 Å². The minimum Gasteiger partial charge on any atom is -0.482 e. The van der Waals surface area contributed by atoms with Gasteiger partial charge in [-0.25, -0.2) is 4.79 Å². The highest BCUT2D eigenvalue weighted by Crippen LogP contribution is 2.44. The van der Waals surface area contributed by atoms with E-state index in [1.54, 1.807) is 0 Å². The monoisotopic (exact) mass is 750 g/mol. The van der Waals surface area contributed by atoms with Gasteiger partial charge in [0, 0.05) is 34.9 Å². The Hall–Kier alpha value is -2.38. The van der Waals surface area contributed by atoms with Crippen molar-refractivity contribution in [2.24, 2.45) is 0 Å². The van der Waals surface area contributed by atoms with Crippen molar-refractivity contribution < 1.29 is 23.7 Å². The van der Waals surface area contributed by atoms with Crippen LogP contribution < -0.4 is 14.4 Å². The number of likely N-dealkylation sites (tertiary alicyclic amines) is 1. The number of fused-ring (bicyclic) bond motifs is 3. The Morgan fingerprint density at radius 1 is 1.12 bits per heavy atom. The number of benzene rings is 2. The lowest BCUT2D eigenvalue weighted by molar-refractivity contribution is 0.0206. The number of hydrogen-bond donors (Lipinski definition) is 0. The van der Waals surface area contributed by atoms with Gasteiger partial charge in [-0.1, -0.05) is 30.3 Å². The number of aromatic nitrogens is 2. The smallest absolute Gasteiger partial charge is 0.410 e. The molecule has 2 bridgehead atoms. The largest absolute Gasteiger partial charge is 0.482 e. The zero-order valence-electron chi connectivity index (χ0n) is 24.3. The molecule has 3 saturated heterocycles. The van der Waals surface area contributed by atoms with Crippen molar-refractivity contribution >= 4 is 61.3 Å². The van der Waals surface area contributed by atoms with Gasteiger partial charge in [0.05, 0.1) is 29.8 Å². The topological polar surface area (TPSA) is 86.3 Å². The van der Waals surface area contributed by atoms with Crippen molar-refractivity contribution in [3.05, 3.63) is 50.0 Å². The number of halogens is 2. The standard InChI is InChI=1S/C31H36BrIN4O5/c1-18(19-8-6-5-7-9-19)40-27-25(32)24(33)15-23-26(27)34-29(41-22-10-12-39-13-11-22)35-28(23)36-16-21-14-20(36)17-37(21)30(38)42-31(2,3)4/h5-9,15,18,20-22H,10-14,16-17H2,1-4H3/t18-,20-,21-/m0/s1. The molecule has 2 aromatic carbocycles. The second kappa shape index (κ2) is 12.0. The van der Waals surface area contributed by atoms with Crippen LogP contribution in [0.15, 0.2) is 40.9 Å². The van der Waals surface area contributed by atoms with Crippen molar-refractivity contribution in [2.45, 2.75) is 76.9 Å². The Labute approximate surface area is 268 Å². The molecule has 3 aliphatic heterocycles. The maximum Gasteiger partial charge on any atom is 0.410 e. The van der Waals surface area contributed by atoms with E-state index >= 15 is 0 Å². The second-order valence-electron chi connectivity index (χ2n) is 12.2. The summed E-state index contributed by atoms with van der Waals surface area (Å²) in [7, 11) is 0. The maximum absolute atomic E-state index is 12.9. The highest BCUT2D eigenvalue weighted by molar-refractivity contribution is 14.1. The van der Waals surface area contributed by atoms with Crippen LogP contribution >= 0.6 is 38.5 Å². The summed E-state index contributed by atoms with van der Waals surface area (Å²) in [6, 6.07) is 12.8. The molecule has 0 unspecified atom stereocenters. The van der Waals surface area contributed by atoms with Gasteiger partial charge in [0.15, 0.2) is 5.75 Å². The molecule has 0 aliphatic carbocycles. The lowest BCUT2D eigenvalue weighted by Gasteiger charge is -2.36. The van der Waals surface area contributed by atoms with E-state index in [-0.39, 0.29) is 30.4 Å². The first-order valence-corrected chi connectivity index (χ1v) is 16.4. The summed E-state index contributed by atoms with van der Waals surface area (Å²) in [5, 5.41) is 0.897. The molecule has 224 valence electrons. The summed E-state index contributed by atoms with van der Waals surface area (Å²) >= 11 is 6.12. The van der Waals surface area contributed by atoms with E-state index in [0.717, 1.165) is 44.1 Å². The average molecular weight is 751 g/mol. The molecule has 3 fully saturated rings. The highest BCUT2D eigenvalue weighted by atomic mass is 127. The number of nitrogens with zero attached hydrogens (tertiary/aromatic N) is 4. The third-order valence-electron chi connectivity index (χ3n) is 7.94. The Bertz CT molecular complexity index is 1460. The van der Waals surface area contributed by atoms with Gasteiger partial charge >= 0.3 is 12.1 Å². The number of piperazine rings is 1. The summed E-state index contributed by atoms with van der Waals surface area (Å²) in [5.74, 6) is 1.47. The minimum absolute atomic E-state index is 0.0124. The van der Waals surface area contributed by atoms with Gasteiger partial charge in [0.2, 0.25) is 0 Å². The number of hydrogen-bond acceptors (Lipinski definition) is 8. The van der Waals surface area contributed by atoms with E-state index in [1.807, 2.05) is 50.8 Å². The fourth-order valence-electron chi connectivity index (χ4n) is 5.91. The molecule has 6 rings (SSSR count). The Balaban J connectivity index is 1.38. The van der Waals surface area contributed by atoms with Gasteiger partial charge in [-0.2, -0.15) is 9.97 Å². The van der Waals surface area contributed by atoms with Crippen LogP contribution in [0.5, 0.6) is 11.8 Å². The quantitative estimate of drug-likeness (QED) is 0.252. The lowest BCUT2D eigenvalue weighted by atomic mass is 10.1. The van der Waals surface area contributed by atoms with Gasteiger partial charge in [-0.3, -0.25) is 0 Å². The van der Waals surface area contributed by atoms with Crippen LogP contribution in [0, 0.1) is 3.57 Å². The number of rotatable bonds is 6. The van der Waals surface area contributed by atoms with Crippen molar-refractivity contribution in [3.63, 3.8) is 0 Å². The molecule has 3 atom stereocenters. The van der Waals surface area contributed by atoms with Gasteiger partial charge in [0.25, 0.3) is 0 Å². The maximum atomic E-state index is 12.9. The minimum atomic E-state index is -0.533. The highest BCUT2D eigenvalue weighted by Gasteiger charge is 2.47. The van der Waals surface area contributed by atoms with Gasteiger partial charge in [-0.15, -0.1) is 0 Å². The van der Waals surface area contributed by atoms with Gasteiger partial charge in [0.1, 0.15) is 29.1 Å². The molecular formula is C31H36BrIN4O5. The molecule has 9 nitrogen and oxygen atoms in total. The van der Waals surface area contributed by atoms with Crippen LogP contribution in [0.4, 0.5) is 10.6 Å². The summed E-state index contributed by atoms with van der Waals surface area (Å²) in [6.07, 6.45) is 1.98. The molecule has 0 radical (unpaired) electrons. The predicted octanol–water partition coefficient (Wildman–Crippen LogP) is 6.89. The van der Waals surface area contributed by atoms with Gasteiger partial charge < -0.3 is 28.7 Å². The number of anilines is 1. The van der Waals surface area contributed by atoms with Gasteiger partial charge in [-0.05, 0) is 84.3 Å². The van der Waals surface area contributed by atoms with E-state index in [1.165, 1.54) is 0 Å². The number of amides is 1. The molecule has 0 N–H and O–H groups in total. The van der Waals surface area contributed by atoms with E-state index in [9.17, 15) is 4.79 Å².